The van der Waals surface area contributed by atoms with Gasteiger partial charge >= 0.3 is 0 Å². The maximum atomic E-state index is 13.4. The van der Waals surface area contributed by atoms with E-state index < -0.39 is 0 Å². The lowest BCUT2D eigenvalue weighted by Crippen LogP contribution is -2.49. The Bertz CT molecular complexity index is 1700. The van der Waals surface area contributed by atoms with Crippen molar-refractivity contribution in [3.63, 3.8) is 0 Å². The molecular formula is C32H33N5O4. The second-order valence-electron chi connectivity index (χ2n) is 10.7. The van der Waals surface area contributed by atoms with E-state index in [9.17, 15) is 4.79 Å². The molecule has 0 N–H and O–H groups in total. The first-order valence-electron chi connectivity index (χ1n) is 13.9. The first kappa shape index (κ1) is 26.6. The molecule has 1 saturated heterocycles. The summed E-state index contributed by atoms with van der Waals surface area (Å²) in [4.78, 5) is 27.3. The topological polar surface area (TPSA) is 93.8 Å². The summed E-state index contributed by atoms with van der Waals surface area (Å²) in [6.07, 6.45) is 0.727. The first-order valence-corrected chi connectivity index (χ1v) is 13.9. The predicted octanol–water partition coefficient (Wildman–Crippen LogP) is 5.62. The third-order valence-corrected chi connectivity index (χ3v) is 7.44. The fourth-order valence-electron chi connectivity index (χ4n) is 5.33. The minimum Gasteiger partial charge on any atom is -0.497 e. The fraction of sp³-hybridized carbons (Fsp3) is 0.312. The van der Waals surface area contributed by atoms with Gasteiger partial charge < -0.3 is 23.8 Å². The monoisotopic (exact) mass is 551 g/mol. The zero-order chi connectivity index (χ0) is 28.5. The lowest BCUT2D eigenvalue weighted by molar-refractivity contribution is 0.0746. The van der Waals surface area contributed by atoms with Crippen molar-refractivity contribution < 1.29 is 18.8 Å². The lowest BCUT2D eigenvalue weighted by atomic mass is 10.0. The maximum absolute atomic E-state index is 13.4. The van der Waals surface area contributed by atoms with Crippen LogP contribution in [0.2, 0.25) is 0 Å². The summed E-state index contributed by atoms with van der Waals surface area (Å²) in [7, 11) is 3.16. The molecule has 41 heavy (non-hydrogen) atoms. The smallest absolute Gasteiger partial charge is 0.263 e. The van der Waals surface area contributed by atoms with Crippen molar-refractivity contribution in [3.8, 4) is 22.8 Å². The van der Waals surface area contributed by atoms with Crippen LogP contribution in [0, 0.1) is 5.92 Å². The molecule has 1 fully saturated rings. The van der Waals surface area contributed by atoms with Gasteiger partial charge in [-0.25, -0.2) is 4.98 Å². The highest BCUT2D eigenvalue weighted by Crippen LogP contribution is 2.36. The molecular weight excluding hydrogens is 518 g/mol. The van der Waals surface area contributed by atoms with E-state index in [0.29, 0.717) is 54.9 Å². The Morgan fingerprint density at radius 1 is 0.902 bits per heavy atom. The summed E-state index contributed by atoms with van der Waals surface area (Å²) in [6.45, 7) is 6.60. The van der Waals surface area contributed by atoms with Crippen molar-refractivity contribution in [1.29, 1.82) is 0 Å². The Kier molecular flexibility index (Phi) is 7.17. The van der Waals surface area contributed by atoms with E-state index in [0.717, 1.165) is 45.5 Å². The van der Waals surface area contributed by atoms with Gasteiger partial charge in [-0.05, 0) is 34.9 Å². The van der Waals surface area contributed by atoms with E-state index in [1.807, 2.05) is 17.0 Å². The summed E-state index contributed by atoms with van der Waals surface area (Å²) < 4.78 is 16.5. The molecule has 0 bridgehead atoms. The number of carbonyl (C=O) groups excluding carboxylic acids is 1. The Hall–Kier alpha value is -4.66. The van der Waals surface area contributed by atoms with Crippen LogP contribution in [-0.4, -0.2) is 66.3 Å². The Morgan fingerprint density at radius 2 is 1.61 bits per heavy atom. The molecule has 210 valence electrons. The number of ether oxygens (including phenoxy) is 2. The number of hydrogen-bond donors (Lipinski definition) is 0. The van der Waals surface area contributed by atoms with Crippen molar-refractivity contribution >= 4 is 33.6 Å². The number of carbonyl (C=O) groups is 1. The van der Waals surface area contributed by atoms with Crippen LogP contribution in [0.4, 0.5) is 5.82 Å². The molecule has 0 aliphatic carbocycles. The minimum atomic E-state index is -0.0583. The molecule has 1 aliphatic rings. The Balaban J connectivity index is 1.33. The highest BCUT2D eigenvalue weighted by Gasteiger charge is 2.28. The van der Waals surface area contributed by atoms with Gasteiger partial charge in [0.05, 0.1) is 14.2 Å². The molecule has 9 nitrogen and oxygen atoms in total. The number of rotatable bonds is 7. The van der Waals surface area contributed by atoms with Crippen LogP contribution < -0.4 is 14.4 Å². The molecule has 5 aromatic rings. The number of nitrogens with zero attached hydrogens (tertiary/aromatic N) is 5. The van der Waals surface area contributed by atoms with Gasteiger partial charge in [-0.2, -0.15) is 4.98 Å². The number of methoxy groups -OCH3 is 2. The molecule has 1 amide bonds. The van der Waals surface area contributed by atoms with Gasteiger partial charge in [0.2, 0.25) is 0 Å². The van der Waals surface area contributed by atoms with Gasteiger partial charge in [-0.1, -0.05) is 55.4 Å². The van der Waals surface area contributed by atoms with Crippen molar-refractivity contribution in [2.45, 2.75) is 20.3 Å². The van der Waals surface area contributed by atoms with Gasteiger partial charge in [-0.3, -0.25) is 4.79 Å². The maximum Gasteiger partial charge on any atom is 0.263 e. The van der Waals surface area contributed by atoms with E-state index in [-0.39, 0.29) is 5.91 Å². The number of aromatic nitrogens is 3. The Labute approximate surface area is 238 Å². The largest absolute Gasteiger partial charge is 0.497 e. The first-order chi connectivity index (χ1) is 19.9. The van der Waals surface area contributed by atoms with Crippen LogP contribution >= 0.6 is 0 Å². The molecule has 0 saturated carbocycles. The molecule has 9 heteroatoms. The summed E-state index contributed by atoms with van der Waals surface area (Å²) in [5.41, 5.74) is 2.69. The summed E-state index contributed by atoms with van der Waals surface area (Å²) in [5, 5.41) is 7.56. The third-order valence-electron chi connectivity index (χ3n) is 7.44. The van der Waals surface area contributed by atoms with E-state index in [2.05, 4.69) is 54.2 Å². The average molecular weight is 552 g/mol. The summed E-state index contributed by atoms with van der Waals surface area (Å²) >= 11 is 0. The van der Waals surface area contributed by atoms with Crippen LogP contribution in [0.5, 0.6) is 11.5 Å². The van der Waals surface area contributed by atoms with E-state index in [1.165, 1.54) is 0 Å². The number of hydrogen-bond acceptors (Lipinski definition) is 8. The molecule has 1 aliphatic heterocycles. The number of piperazine rings is 1. The second-order valence-corrected chi connectivity index (χ2v) is 10.7. The van der Waals surface area contributed by atoms with Crippen LogP contribution in [0.15, 0.2) is 65.2 Å². The molecule has 0 radical (unpaired) electrons. The van der Waals surface area contributed by atoms with Gasteiger partial charge in [-0.15, -0.1) is 0 Å². The van der Waals surface area contributed by atoms with Gasteiger partial charge in [0, 0.05) is 49.8 Å². The van der Waals surface area contributed by atoms with Crippen LogP contribution in [-0.2, 0) is 6.42 Å². The number of anilines is 1. The average Bonchev–Trinajstić information content (AvgIpc) is 3.43. The van der Waals surface area contributed by atoms with Gasteiger partial charge in [0.15, 0.2) is 0 Å². The van der Waals surface area contributed by atoms with E-state index >= 15 is 0 Å². The lowest BCUT2D eigenvalue weighted by Gasteiger charge is -2.35. The van der Waals surface area contributed by atoms with Crippen molar-refractivity contribution in [2.75, 3.05) is 45.3 Å². The molecule has 0 unspecified atom stereocenters. The molecule has 2 aromatic heterocycles. The van der Waals surface area contributed by atoms with Crippen molar-refractivity contribution in [2.24, 2.45) is 5.92 Å². The standard InChI is InChI=1S/C32H33N5O4/c1-20(2)15-27-33-30(28-29(35-41-31(28)34-27)23-10-9-21-7-5-6-8-22(21)16-23)36-11-13-37(14-12-36)32(38)24-17-25(39-3)19-26(18-24)40-4/h5-10,16-20H,11-15H2,1-4H3. The van der Waals surface area contributed by atoms with E-state index in [4.69, 9.17) is 24.0 Å². The van der Waals surface area contributed by atoms with Crippen molar-refractivity contribution in [1.82, 2.24) is 20.0 Å². The van der Waals surface area contributed by atoms with Crippen molar-refractivity contribution in [3.05, 3.63) is 72.1 Å². The molecule has 3 aromatic carbocycles. The summed E-state index contributed by atoms with van der Waals surface area (Å²) in [5.74, 6) is 3.02. The number of amides is 1. The van der Waals surface area contributed by atoms with Gasteiger partial charge in [0.25, 0.3) is 11.6 Å². The molecule has 3 heterocycles. The minimum absolute atomic E-state index is 0.0583. The van der Waals surface area contributed by atoms with Crippen LogP contribution in [0.25, 0.3) is 33.1 Å². The normalized spacial score (nSPS) is 13.8. The van der Waals surface area contributed by atoms with Gasteiger partial charge in [0.1, 0.15) is 34.2 Å². The van der Waals surface area contributed by atoms with Crippen LogP contribution in [0.1, 0.15) is 30.0 Å². The molecule has 6 rings (SSSR count). The highest BCUT2D eigenvalue weighted by atomic mass is 16.5. The zero-order valence-electron chi connectivity index (χ0n) is 23.8. The number of benzene rings is 3. The SMILES string of the molecule is COc1cc(OC)cc(C(=O)N2CCN(c3nc(CC(C)C)nc4onc(-c5ccc6ccccc6c5)c34)CC2)c1. The van der Waals surface area contributed by atoms with Crippen LogP contribution in [0.3, 0.4) is 0 Å². The third kappa shape index (κ3) is 5.27. The fourth-order valence-corrected chi connectivity index (χ4v) is 5.33. The molecule has 0 spiro atoms. The highest BCUT2D eigenvalue weighted by molar-refractivity contribution is 6.00. The number of fused-ring (bicyclic) bond motifs is 2. The Morgan fingerprint density at radius 3 is 2.29 bits per heavy atom. The molecule has 0 atom stereocenters. The summed E-state index contributed by atoms with van der Waals surface area (Å²) in [6, 6.07) is 19.8. The zero-order valence-corrected chi connectivity index (χ0v) is 23.8. The predicted molar refractivity (Wildman–Crippen MR) is 159 cm³/mol. The second kappa shape index (κ2) is 11.1. The quantitative estimate of drug-likeness (QED) is 0.257. The van der Waals surface area contributed by atoms with E-state index in [1.54, 1.807) is 32.4 Å².